The second-order valence-electron chi connectivity index (χ2n) is 6.25. The van der Waals surface area contributed by atoms with Crippen LogP contribution in [0.25, 0.3) is 6.08 Å². The molecular weight excluding hydrogens is 404 g/mol. The highest BCUT2D eigenvalue weighted by Crippen LogP contribution is 2.35. The van der Waals surface area contributed by atoms with Gasteiger partial charge in [0.2, 0.25) is 0 Å². The second-order valence-corrected chi connectivity index (χ2v) is 8.24. The maximum Gasteiger partial charge on any atom is 0.335 e. The summed E-state index contributed by atoms with van der Waals surface area (Å²) in [6.45, 7) is 0.319. The SMILES string of the molecule is O=C(O)c1ccc(CN2C(=O)/C(=C/c3cccs3)SC2=Nc2ccccc2)cc1. The molecule has 0 aliphatic carbocycles. The van der Waals surface area contributed by atoms with E-state index in [0.717, 1.165) is 16.1 Å². The minimum absolute atomic E-state index is 0.111. The van der Waals surface area contributed by atoms with Crippen LogP contribution in [0.1, 0.15) is 20.8 Å². The molecule has 0 atom stereocenters. The number of thioether (sulfide) groups is 1. The summed E-state index contributed by atoms with van der Waals surface area (Å²) in [5.74, 6) is -1.09. The zero-order valence-corrected chi connectivity index (χ0v) is 16.8. The minimum Gasteiger partial charge on any atom is -0.478 e. The van der Waals surface area contributed by atoms with Gasteiger partial charge in [-0.25, -0.2) is 9.79 Å². The van der Waals surface area contributed by atoms with E-state index in [1.54, 1.807) is 40.5 Å². The van der Waals surface area contributed by atoms with Crippen LogP contribution in [0.3, 0.4) is 0 Å². The van der Waals surface area contributed by atoms with Gasteiger partial charge in [0.1, 0.15) is 0 Å². The standard InChI is InChI=1S/C22H16N2O3S2/c25-20-19(13-18-7-4-12-28-18)29-22(23-17-5-2-1-3-6-17)24(20)14-15-8-10-16(11-9-15)21(26)27/h1-13H,14H2,(H,26,27)/b19-13-,23-22?. The molecule has 0 saturated carbocycles. The molecule has 1 aliphatic heterocycles. The van der Waals surface area contributed by atoms with E-state index in [-0.39, 0.29) is 11.5 Å². The Labute approximate surface area is 176 Å². The van der Waals surface area contributed by atoms with Gasteiger partial charge in [-0.1, -0.05) is 36.4 Å². The number of amidine groups is 1. The number of para-hydroxylation sites is 1. The number of hydrogen-bond acceptors (Lipinski definition) is 5. The topological polar surface area (TPSA) is 70.0 Å². The Morgan fingerprint density at radius 3 is 2.45 bits per heavy atom. The van der Waals surface area contributed by atoms with E-state index >= 15 is 0 Å². The van der Waals surface area contributed by atoms with E-state index in [4.69, 9.17) is 5.11 Å². The van der Waals surface area contributed by atoms with Crippen molar-refractivity contribution >= 4 is 51.9 Å². The number of aromatic carboxylic acids is 1. The third kappa shape index (κ3) is 4.47. The lowest BCUT2D eigenvalue weighted by Crippen LogP contribution is -2.28. The first-order chi connectivity index (χ1) is 14.1. The normalized spacial score (nSPS) is 16.7. The average molecular weight is 421 g/mol. The molecule has 0 spiro atoms. The molecule has 1 saturated heterocycles. The maximum atomic E-state index is 13.1. The lowest BCUT2D eigenvalue weighted by atomic mass is 10.1. The first kappa shape index (κ1) is 19.2. The highest BCUT2D eigenvalue weighted by atomic mass is 32.2. The van der Waals surface area contributed by atoms with Gasteiger partial charge in [-0.2, -0.15) is 0 Å². The highest BCUT2D eigenvalue weighted by molar-refractivity contribution is 8.18. The Morgan fingerprint density at radius 1 is 1.03 bits per heavy atom. The molecule has 4 rings (SSSR count). The van der Waals surface area contributed by atoms with Gasteiger partial charge < -0.3 is 5.11 Å². The summed E-state index contributed by atoms with van der Waals surface area (Å²) in [4.78, 5) is 32.1. The predicted octanol–water partition coefficient (Wildman–Crippen LogP) is 5.25. The van der Waals surface area contributed by atoms with Crippen LogP contribution in [0, 0.1) is 0 Å². The van der Waals surface area contributed by atoms with Gasteiger partial charge in [-0.3, -0.25) is 9.69 Å². The number of carboxylic acids is 1. The lowest BCUT2D eigenvalue weighted by molar-refractivity contribution is -0.122. The van der Waals surface area contributed by atoms with Crippen LogP contribution in [0.4, 0.5) is 5.69 Å². The number of thiophene rings is 1. The summed E-state index contributed by atoms with van der Waals surface area (Å²) in [6, 6.07) is 19.9. The smallest absolute Gasteiger partial charge is 0.335 e. The van der Waals surface area contributed by atoms with Crippen LogP contribution < -0.4 is 0 Å². The quantitative estimate of drug-likeness (QED) is 0.572. The van der Waals surface area contributed by atoms with Crippen LogP contribution in [-0.4, -0.2) is 27.1 Å². The molecule has 0 radical (unpaired) electrons. The predicted molar refractivity (Wildman–Crippen MR) is 117 cm³/mol. The number of hydrogen-bond donors (Lipinski definition) is 1. The summed E-state index contributed by atoms with van der Waals surface area (Å²) >= 11 is 2.92. The fourth-order valence-electron chi connectivity index (χ4n) is 2.78. The van der Waals surface area contributed by atoms with Gasteiger partial charge in [0, 0.05) is 4.88 Å². The highest BCUT2D eigenvalue weighted by Gasteiger charge is 2.33. The largest absolute Gasteiger partial charge is 0.478 e. The van der Waals surface area contributed by atoms with Crippen LogP contribution in [-0.2, 0) is 11.3 Å². The molecular formula is C22H16N2O3S2. The van der Waals surface area contributed by atoms with Gasteiger partial charge in [0.15, 0.2) is 5.17 Å². The van der Waals surface area contributed by atoms with E-state index in [0.29, 0.717) is 16.6 Å². The average Bonchev–Trinajstić information content (AvgIpc) is 3.33. The lowest BCUT2D eigenvalue weighted by Gasteiger charge is -2.16. The number of aliphatic imine (C=N–C) groups is 1. The van der Waals surface area contributed by atoms with E-state index in [9.17, 15) is 9.59 Å². The fraction of sp³-hybridized carbons (Fsp3) is 0.0455. The van der Waals surface area contributed by atoms with Crippen LogP contribution in [0.5, 0.6) is 0 Å². The third-order valence-corrected chi connectivity index (χ3v) is 6.05. The molecule has 2 aromatic carbocycles. The summed E-state index contributed by atoms with van der Waals surface area (Å²) in [7, 11) is 0. The monoisotopic (exact) mass is 420 g/mol. The molecule has 1 N–H and O–H groups in total. The molecule has 0 bridgehead atoms. The van der Waals surface area contributed by atoms with Crippen molar-refractivity contribution in [2.24, 2.45) is 4.99 Å². The Morgan fingerprint density at radius 2 is 1.79 bits per heavy atom. The van der Waals surface area contributed by atoms with Crippen molar-refractivity contribution in [3.8, 4) is 0 Å². The zero-order valence-electron chi connectivity index (χ0n) is 15.2. The van der Waals surface area contributed by atoms with Gasteiger partial charge in [0.05, 0.1) is 22.7 Å². The van der Waals surface area contributed by atoms with Crippen molar-refractivity contribution in [1.82, 2.24) is 4.90 Å². The number of carbonyl (C=O) groups excluding carboxylic acids is 1. The van der Waals surface area contributed by atoms with Crippen molar-refractivity contribution in [1.29, 1.82) is 0 Å². The molecule has 1 aliphatic rings. The van der Waals surface area contributed by atoms with Crippen molar-refractivity contribution < 1.29 is 14.7 Å². The molecule has 144 valence electrons. The molecule has 1 amide bonds. The summed E-state index contributed by atoms with van der Waals surface area (Å²) in [6.07, 6.45) is 1.88. The van der Waals surface area contributed by atoms with Crippen LogP contribution >= 0.6 is 23.1 Å². The number of rotatable bonds is 5. The third-order valence-electron chi connectivity index (χ3n) is 4.23. The fourth-order valence-corrected chi connectivity index (χ4v) is 4.50. The Kier molecular flexibility index (Phi) is 5.59. The number of carbonyl (C=O) groups is 2. The molecule has 0 unspecified atom stereocenters. The molecule has 7 heteroatoms. The van der Waals surface area contributed by atoms with Crippen molar-refractivity contribution in [3.05, 3.63) is 93.0 Å². The Hall–Kier alpha value is -3.16. The van der Waals surface area contributed by atoms with Crippen LogP contribution in [0.15, 0.2) is 82.0 Å². The number of amides is 1. The molecule has 3 aromatic rings. The zero-order chi connectivity index (χ0) is 20.2. The second kappa shape index (κ2) is 8.46. The number of carboxylic acid groups (broad SMARTS) is 1. The van der Waals surface area contributed by atoms with E-state index in [1.807, 2.05) is 53.9 Å². The molecule has 29 heavy (non-hydrogen) atoms. The van der Waals surface area contributed by atoms with Gasteiger partial charge >= 0.3 is 5.97 Å². The van der Waals surface area contributed by atoms with Crippen molar-refractivity contribution in [2.45, 2.75) is 6.54 Å². The van der Waals surface area contributed by atoms with E-state index in [1.165, 1.54) is 11.8 Å². The Balaban J connectivity index is 1.66. The molecule has 5 nitrogen and oxygen atoms in total. The van der Waals surface area contributed by atoms with Gasteiger partial charge in [-0.15, -0.1) is 11.3 Å². The summed E-state index contributed by atoms with van der Waals surface area (Å²) in [5.41, 5.74) is 1.82. The van der Waals surface area contributed by atoms with Gasteiger partial charge in [0.25, 0.3) is 5.91 Å². The van der Waals surface area contributed by atoms with Gasteiger partial charge in [-0.05, 0) is 59.1 Å². The first-order valence-corrected chi connectivity index (χ1v) is 10.5. The van der Waals surface area contributed by atoms with Crippen LogP contribution in [0.2, 0.25) is 0 Å². The first-order valence-electron chi connectivity index (χ1n) is 8.81. The molecule has 1 aromatic heterocycles. The van der Waals surface area contributed by atoms with Crippen molar-refractivity contribution in [3.63, 3.8) is 0 Å². The minimum atomic E-state index is -0.975. The van der Waals surface area contributed by atoms with Crippen molar-refractivity contribution in [2.75, 3.05) is 0 Å². The van der Waals surface area contributed by atoms with E-state index in [2.05, 4.69) is 4.99 Å². The molecule has 2 heterocycles. The number of nitrogens with zero attached hydrogens (tertiary/aromatic N) is 2. The Bertz CT molecular complexity index is 1090. The maximum absolute atomic E-state index is 13.1. The number of benzene rings is 2. The summed E-state index contributed by atoms with van der Waals surface area (Å²) < 4.78 is 0. The van der Waals surface area contributed by atoms with E-state index < -0.39 is 5.97 Å². The molecule has 1 fully saturated rings. The summed E-state index contributed by atoms with van der Waals surface area (Å²) in [5, 5.41) is 11.6.